The first-order valence-corrected chi connectivity index (χ1v) is 9.04. The third-order valence-corrected chi connectivity index (χ3v) is 3.90. The van der Waals surface area contributed by atoms with Gasteiger partial charge in [-0.3, -0.25) is 14.4 Å². The molecule has 0 aliphatic rings. The van der Waals surface area contributed by atoms with Crippen molar-refractivity contribution in [2.45, 2.75) is 20.3 Å². The SMILES string of the molecule is CC(=O)Oc1cccc(C(=O)NCCCNC(=O)/C=C/c2ccccc2C)c1. The molecule has 0 radical (unpaired) electrons. The fourth-order valence-corrected chi connectivity index (χ4v) is 2.47. The van der Waals surface area contributed by atoms with E-state index in [1.54, 1.807) is 24.3 Å². The van der Waals surface area contributed by atoms with Crippen LogP contribution in [0.1, 0.15) is 34.8 Å². The number of benzene rings is 2. The molecule has 0 heterocycles. The molecule has 146 valence electrons. The van der Waals surface area contributed by atoms with Gasteiger partial charge >= 0.3 is 5.97 Å². The zero-order valence-electron chi connectivity index (χ0n) is 16.0. The molecule has 2 aromatic rings. The number of hydrogen-bond acceptors (Lipinski definition) is 4. The second-order valence-electron chi connectivity index (χ2n) is 6.21. The fourth-order valence-electron chi connectivity index (χ4n) is 2.47. The summed E-state index contributed by atoms with van der Waals surface area (Å²) in [6, 6.07) is 14.2. The van der Waals surface area contributed by atoms with E-state index in [0.717, 1.165) is 11.1 Å². The van der Waals surface area contributed by atoms with Crippen molar-refractivity contribution in [3.63, 3.8) is 0 Å². The smallest absolute Gasteiger partial charge is 0.308 e. The number of hydrogen-bond donors (Lipinski definition) is 2. The molecular formula is C22H24N2O4. The number of carbonyl (C=O) groups is 3. The van der Waals surface area contributed by atoms with Crippen molar-refractivity contribution in [3.8, 4) is 5.75 Å². The van der Waals surface area contributed by atoms with Gasteiger partial charge in [-0.15, -0.1) is 0 Å². The van der Waals surface area contributed by atoms with Crippen LogP contribution < -0.4 is 15.4 Å². The molecule has 2 rings (SSSR count). The quantitative estimate of drug-likeness (QED) is 0.319. The van der Waals surface area contributed by atoms with Crippen LogP contribution in [-0.2, 0) is 9.59 Å². The summed E-state index contributed by atoms with van der Waals surface area (Å²) in [6.45, 7) is 4.16. The lowest BCUT2D eigenvalue weighted by Crippen LogP contribution is -2.29. The molecular weight excluding hydrogens is 356 g/mol. The van der Waals surface area contributed by atoms with Crippen LogP contribution in [0.5, 0.6) is 5.75 Å². The fraction of sp³-hybridized carbons (Fsp3) is 0.227. The molecule has 2 aromatic carbocycles. The van der Waals surface area contributed by atoms with E-state index in [1.807, 2.05) is 31.2 Å². The molecule has 28 heavy (non-hydrogen) atoms. The molecule has 0 aromatic heterocycles. The third-order valence-electron chi connectivity index (χ3n) is 3.90. The van der Waals surface area contributed by atoms with Crippen molar-refractivity contribution >= 4 is 23.9 Å². The van der Waals surface area contributed by atoms with E-state index < -0.39 is 5.97 Å². The molecule has 2 amide bonds. The summed E-state index contributed by atoms with van der Waals surface area (Å²) < 4.78 is 4.96. The molecule has 0 atom stereocenters. The largest absolute Gasteiger partial charge is 0.427 e. The highest BCUT2D eigenvalue weighted by atomic mass is 16.5. The van der Waals surface area contributed by atoms with Crippen molar-refractivity contribution in [1.82, 2.24) is 10.6 Å². The Bertz CT molecular complexity index is 874. The van der Waals surface area contributed by atoms with Gasteiger partial charge in [0.25, 0.3) is 5.91 Å². The van der Waals surface area contributed by atoms with E-state index in [1.165, 1.54) is 19.1 Å². The van der Waals surface area contributed by atoms with Gasteiger partial charge < -0.3 is 15.4 Å². The van der Waals surface area contributed by atoms with E-state index >= 15 is 0 Å². The van der Waals surface area contributed by atoms with E-state index in [9.17, 15) is 14.4 Å². The monoisotopic (exact) mass is 380 g/mol. The number of amides is 2. The summed E-state index contributed by atoms with van der Waals surface area (Å²) in [5, 5.41) is 5.55. The topological polar surface area (TPSA) is 84.5 Å². The maximum Gasteiger partial charge on any atom is 0.308 e. The molecule has 0 bridgehead atoms. The van der Waals surface area contributed by atoms with Crippen molar-refractivity contribution in [2.75, 3.05) is 13.1 Å². The maximum atomic E-state index is 12.1. The Kier molecular flexibility index (Phi) is 7.96. The first kappa shape index (κ1) is 20.9. The van der Waals surface area contributed by atoms with Crippen molar-refractivity contribution in [1.29, 1.82) is 0 Å². The molecule has 0 saturated heterocycles. The lowest BCUT2D eigenvalue weighted by Gasteiger charge is -2.07. The zero-order chi connectivity index (χ0) is 20.4. The van der Waals surface area contributed by atoms with Gasteiger partial charge in [-0.1, -0.05) is 30.3 Å². The van der Waals surface area contributed by atoms with Crippen LogP contribution >= 0.6 is 0 Å². The number of ether oxygens (including phenoxy) is 1. The number of esters is 1. The number of carbonyl (C=O) groups excluding carboxylic acids is 3. The lowest BCUT2D eigenvalue weighted by molar-refractivity contribution is -0.131. The number of nitrogens with one attached hydrogen (secondary N) is 2. The zero-order valence-corrected chi connectivity index (χ0v) is 16.0. The first-order chi connectivity index (χ1) is 13.5. The summed E-state index contributed by atoms with van der Waals surface area (Å²) in [5.74, 6) is -0.555. The highest BCUT2D eigenvalue weighted by Crippen LogP contribution is 2.13. The molecule has 6 heteroatoms. The maximum absolute atomic E-state index is 12.1. The average molecular weight is 380 g/mol. The lowest BCUT2D eigenvalue weighted by atomic mass is 10.1. The molecule has 0 spiro atoms. The van der Waals surface area contributed by atoms with Crippen LogP contribution in [-0.4, -0.2) is 30.9 Å². The van der Waals surface area contributed by atoms with Crippen LogP contribution in [0, 0.1) is 6.92 Å². The van der Waals surface area contributed by atoms with E-state index in [4.69, 9.17) is 4.74 Å². The van der Waals surface area contributed by atoms with Crippen LogP contribution in [0.25, 0.3) is 6.08 Å². The van der Waals surface area contributed by atoms with Gasteiger partial charge in [0, 0.05) is 31.7 Å². The van der Waals surface area contributed by atoms with Gasteiger partial charge in [-0.05, 0) is 48.7 Å². The summed E-state index contributed by atoms with van der Waals surface area (Å²) in [7, 11) is 0. The standard InChI is InChI=1S/C22H24N2O4/c1-16-7-3-4-8-18(16)11-12-21(26)23-13-6-14-24-22(27)19-9-5-10-20(15-19)28-17(2)25/h3-5,7-12,15H,6,13-14H2,1-2H3,(H,23,26)(H,24,27)/b12-11+. The van der Waals surface area contributed by atoms with Gasteiger partial charge in [0.1, 0.15) is 5.75 Å². The summed E-state index contributed by atoms with van der Waals surface area (Å²) >= 11 is 0. The van der Waals surface area contributed by atoms with Gasteiger partial charge in [0.2, 0.25) is 5.91 Å². The molecule has 0 aliphatic heterocycles. The Morgan fingerprint density at radius 2 is 1.75 bits per heavy atom. The molecule has 0 fully saturated rings. The minimum absolute atomic E-state index is 0.177. The Hall–Kier alpha value is -3.41. The van der Waals surface area contributed by atoms with Gasteiger partial charge in [0.05, 0.1) is 0 Å². The summed E-state index contributed by atoms with van der Waals surface area (Å²) in [6.07, 6.45) is 3.88. The van der Waals surface area contributed by atoms with Crippen molar-refractivity contribution in [2.24, 2.45) is 0 Å². The van der Waals surface area contributed by atoms with Gasteiger partial charge in [-0.2, -0.15) is 0 Å². The second kappa shape index (κ2) is 10.7. The third kappa shape index (κ3) is 7.07. The highest BCUT2D eigenvalue weighted by molar-refractivity contribution is 5.94. The summed E-state index contributed by atoms with van der Waals surface area (Å²) in [5.41, 5.74) is 2.51. The van der Waals surface area contributed by atoms with Gasteiger partial charge in [-0.25, -0.2) is 0 Å². The second-order valence-corrected chi connectivity index (χ2v) is 6.21. The van der Waals surface area contributed by atoms with Crippen LogP contribution in [0.3, 0.4) is 0 Å². The Balaban J connectivity index is 1.70. The van der Waals surface area contributed by atoms with Crippen LogP contribution in [0.15, 0.2) is 54.6 Å². The van der Waals surface area contributed by atoms with E-state index in [-0.39, 0.29) is 11.8 Å². The predicted molar refractivity (Wildman–Crippen MR) is 108 cm³/mol. The normalized spacial score (nSPS) is 10.5. The molecule has 6 nitrogen and oxygen atoms in total. The number of rotatable bonds is 8. The van der Waals surface area contributed by atoms with E-state index in [0.29, 0.717) is 30.8 Å². The molecule has 0 aliphatic carbocycles. The molecule has 0 unspecified atom stereocenters. The summed E-state index contributed by atoms with van der Waals surface area (Å²) in [4.78, 5) is 34.9. The van der Waals surface area contributed by atoms with Crippen molar-refractivity contribution < 1.29 is 19.1 Å². The highest BCUT2D eigenvalue weighted by Gasteiger charge is 2.07. The number of aryl methyl sites for hydroxylation is 1. The average Bonchev–Trinajstić information content (AvgIpc) is 2.66. The minimum Gasteiger partial charge on any atom is -0.427 e. The Morgan fingerprint density at radius 1 is 1.00 bits per heavy atom. The van der Waals surface area contributed by atoms with E-state index in [2.05, 4.69) is 10.6 Å². The minimum atomic E-state index is -0.440. The van der Waals surface area contributed by atoms with Gasteiger partial charge in [0.15, 0.2) is 0 Å². The van der Waals surface area contributed by atoms with Crippen molar-refractivity contribution in [3.05, 3.63) is 71.3 Å². The molecule has 0 saturated carbocycles. The Morgan fingerprint density at radius 3 is 2.50 bits per heavy atom. The van der Waals surface area contributed by atoms with Crippen LogP contribution in [0.2, 0.25) is 0 Å². The first-order valence-electron chi connectivity index (χ1n) is 9.04. The predicted octanol–water partition coefficient (Wildman–Crippen LogP) is 2.87. The van der Waals surface area contributed by atoms with Crippen LogP contribution in [0.4, 0.5) is 0 Å². The Labute approximate surface area is 164 Å². The molecule has 2 N–H and O–H groups in total.